The number of nitrogens with zero attached hydrogens (tertiary/aromatic N) is 1. The molecule has 1 aliphatic rings. The zero-order valence-electron chi connectivity index (χ0n) is 10.3. The highest BCUT2D eigenvalue weighted by atomic mass is 32.2. The van der Waals surface area contributed by atoms with Crippen molar-refractivity contribution < 1.29 is 0 Å². The molecule has 0 aromatic heterocycles. The summed E-state index contributed by atoms with van der Waals surface area (Å²) < 4.78 is 3.04. The summed E-state index contributed by atoms with van der Waals surface area (Å²) in [7, 11) is 0. The average Bonchev–Trinajstić information content (AvgIpc) is 2.26. The van der Waals surface area contributed by atoms with Crippen molar-refractivity contribution in [2.45, 2.75) is 76.0 Å². The molecule has 0 radical (unpaired) electrons. The van der Waals surface area contributed by atoms with Gasteiger partial charge in [0, 0.05) is 12.1 Å². The van der Waals surface area contributed by atoms with E-state index in [1.807, 2.05) is 11.9 Å². The first-order valence-corrected chi connectivity index (χ1v) is 7.63. The van der Waals surface area contributed by atoms with Crippen LogP contribution in [-0.2, 0) is 0 Å². The molecule has 1 fully saturated rings. The largest absolute Gasteiger partial charge is 0.244 e. The van der Waals surface area contributed by atoms with Crippen LogP contribution in [0.15, 0.2) is 0 Å². The van der Waals surface area contributed by atoms with Gasteiger partial charge in [-0.15, -0.1) is 0 Å². The van der Waals surface area contributed by atoms with E-state index in [0.717, 1.165) is 6.04 Å². The van der Waals surface area contributed by atoms with E-state index in [1.54, 1.807) is 0 Å². The Labute approximate surface area is 105 Å². The van der Waals surface area contributed by atoms with Crippen LogP contribution in [0.2, 0.25) is 0 Å². The predicted octanol–water partition coefficient (Wildman–Crippen LogP) is 4.34. The maximum Gasteiger partial charge on any atom is 0.0591 e. The molecule has 3 heteroatoms. The third-order valence-electron chi connectivity index (χ3n) is 3.23. The van der Waals surface area contributed by atoms with Crippen molar-refractivity contribution in [2.75, 3.05) is 0 Å². The zero-order valence-corrected chi connectivity index (χ0v) is 12.0. The molecule has 1 aliphatic carbocycles. The molecule has 1 rings (SSSR count). The fraction of sp³-hybridized carbons (Fsp3) is 1.00. The van der Waals surface area contributed by atoms with Crippen molar-refractivity contribution in [3.63, 3.8) is 0 Å². The van der Waals surface area contributed by atoms with E-state index in [0.29, 0.717) is 10.6 Å². The van der Waals surface area contributed by atoms with Crippen molar-refractivity contribution >= 4 is 24.6 Å². The Morgan fingerprint density at radius 2 is 1.87 bits per heavy atom. The van der Waals surface area contributed by atoms with Crippen LogP contribution in [0.1, 0.15) is 59.3 Å². The summed E-state index contributed by atoms with van der Waals surface area (Å²) in [5.41, 5.74) is 0. The third-order valence-corrected chi connectivity index (χ3v) is 4.72. The highest BCUT2D eigenvalue weighted by Crippen LogP contribution is 2.33. The van der Waals surface area contributed by atoms with Crippen LogP contribution in [-0.4, -0.2) is 21.0 Å². The summed E-state index contributed by atoms with van der Waals surface area (Å²) >= 11 is 6.45. The molecule has 2 unspecified atom stereocenters. The van der Waals surface area contributed by atoms with Crippen molar-refractivity contribution in [1.29, 1.82) is 0 Å². The monoisotopic (exact) mass is 247 g/mol. The second kappa shape index (κ2) is 7.08. The topological polar surface area (TPSA) is 3.24 Å². The van der Waals surface area contributed by atoms with Crippen LogP contribution in [0.25, 0.3) is 0 Å². The molecule has 0 spiro atoms. The van der Waals surface area contributed by atoms with E-state index in [4.69, 9.17) is 0 Å². The van der Waals surface area contributed by atoms with E-state index in [9.17, 15) is 0 Å². The highest BCUT2D eigenvalue weighted by molar-refractivity contribution is 8.08. The Hall–Kier alpha value is 0.660. The normalized spacial score (nSPS) is 23.0. The average molecular weight is 247 g/mol. The fourth-order valence-electron chi connectivity index (χ4n) is 2.24. The van der Waals surface area contributed by atoms with Crippen LogP contribution in [0.4, 0.5) is 0 Å². The number of thiol groups is 1. The van der Waals surface area contributed by atoms with Crippen molar-refractivity contribution in [3.05, 3.63) is 0 Å². The van der Waals surface area contributed by atoms with E-state index in [-0.39, 0.29) is 0 Å². The lowest BCUT2D eigenvalue weighted by Gasteiger charge is -2.38. The lowest BCUT2D eigenvalue weighted by Crippen LogP contribution is -2.38. The van der Waals surface area contributed by atoms with Crippen molar-refractivity contribution in [2.24, 2.45) is 0 Å². The summed E-state index contributed by atoms with van der Waals surface area (Å²) in [6.45, 7) is 6.80. The van der Waals surface area contributed by atoms with Gasteiger partial charge >= 0.3 is 0 Å². The van der Waals surface area contributed by atoms with Gasteiger partial charge in [0.25, 0.3) is 0 Å². The minimum Gasteiger partial charge on any atom is -0.244 e. The first kappa shape index (κ1) is 13.7. The summed E-state index contributed by atoms with van der Waals surface area (Å²) in [6, 6.07) is 1.49. The predicted molar refractivity (Wildman–Crippen MR) is 74.5 cm³/mol. The first-order valence-electron chi connectivity index (χ1n) is 6.28. The molecule has 90 valence electrons. The molecule has 0 saturated heterocycles. The number of rotatable bonds is 5. The van der Waals surface area contributed by atoms with Gasteiger partial charge in [0.1, 0.15) is 0 Å². The van der Waals surface area contributed by atoms with Crippen molar-refractivity contribution in [1.82, 2.24) is 4.31 Å². The molecule has 0 aromatic carbocycles. The van der Waals surface area contributed by atoms with Gasteiger partial charge in [0.2, 0.25) is 0 Å². The lowest BCUT2D eigenvalue weighted by atomic mass is 9.95. The molecule has 0 amide bonds. The maximum atomic E-state index is 4.51. The minimum absolute atomic E-state index is 0.418. The number of hydrogen-bond donors (Lipinski definition) is 1. The van der Waals surface area contributed by atoms with Gasteiger partial charge in [-0.1, -0.05) is 38.1 Å². The van der Waals surface area contributed by atoms with Gasteiger partial charge in [-0.25, -0.2) is 4.31 Å². The lowest BCUT2D eigenvalue weighted by molar-refractivity contribution is 0.225. The van der Waals surface area contributed by atoms with Gasteiger partial charge < -0.3 is 0 Å². The van der Waals surface area contributed by atoms with Gasteiger partial charge in [0.05, 0.1) is 4.58 Å². The van der Waals surface area contributed by atoms with E-state index in [2.05, 4.69) is 37.7 Å². The van der Waals surface area contributed by atoms with Crippen LogP contribution >= 0.6 is 24.6 Å². The van der Waals surface area contributed by atoms with E-state index >= 15 is 0 Å². The second-order valence-corrected chi connectivity index (χ2v) is 7.08. The zero-order chi connectivity index (χ0) is 11.3. The van der Waals surface area contributed by atoms with E-state index < -0.39 is 0 Å². The smallest absolute Gasteiger partial charge is 0.0591 e. The van der Waals surface area contributed by atoms with Crippen LogP contribution in [0.3, 0.4) is 0 Å². The molecule has 0 bridgehead atoms. The Bertz CT molecular complexity index is 167. The Morgan fingerprint density at radius 1 is 1.27 bits per heavy atom. The fourth-order valence-corrected chi connectivity index (χ4v) is 3.66. The highest BCUT2D eigenvalue weighted by Gasteiger charge is 2.25. The second-order valence-electron chi connectivity index (χ2n) is 4.61. The van der Waals surface area contributed by atoms with Crippen LogP contribution < -0.4 is 0 Å². The minimum atomic E-state index is 0.418. The maximum absolute atomic E-state index is 4.51. The van der Waals surface area contributed by atoms with Crippen LogP contribution in [0, 0.1) is 0 Å². The number of hydrogen-bond acceptors (Lipinski definition) is 3. The Balaban J connectivity index is 2.52. The molecule has 0 aliphatic heterocycles. The molecule has 1 saturated carbocycles. The van der Waals surface area contributed by atoms with E-state index in [1.165, 1.54) is 38.5 Å². The standard InChI is InChI=1S/C12H25NS2/c1-4-10(2)13(15-11(3)14)12-8-6-5-7-9-12/h10-12,14H,4-9H2,1-3H3. The molecule has 1 nitrogen and oxygen atoms in total. The van der Waals surface area contributed by atoms with Gasteiger partial charge in [0.15, 0.2) is 0 Å². The summed E-state index contributed by atoms with van der Waals surface area (Å²) in [5.74, 6) is 0. The molecule has 0 aromatic rings. The summed E-state index contributed by atoms with van der Waals surface area (Å²) in [5, 5.41) is 0. The van der Waals surface area contributed by atoms with Crippen LogP contribution in [0.5, 0.6) is 0 Å². The SMILES string of the molecule is CCC(C)N(SC(C)S)C1CCCCC1. The summed E-state index contributed by atoms with van der Waals surface area (Å²) in [6.07, 6.45) is 8.28. The molecule has 0 heterocycles. The molecular formula is C12H25NS2. The molecule has 2 atom stereocenters. The Kier molecular flexibility index (Phi) is 6.48. The van der Waals surface area contributed by atoms with Crippen molar-refractivity contribution in [3.8, 4) is 0 Å². The summed E-state index contributed by atoms with van der Waals surface area (Å²) in [4.78, 5) is 0. The Morgan fingerprint density at radius 3 is 2.33 bits per heavy atom. The molecular weight excluding hydrogens is 222 g/mol. The molecule has 0 N–H and O–H groups in total. The quantitative estimate of drug-likeness (QED) is 0.437. The third kappa shape index (κ3) is 4.58. The molecule has 15 heavy (non-hydrogen) atoms. The van der Waals surface area contributed by atoms with Gasteiger partial charge in [-0.2, -0.15) is 12.6 Å². The van der Waals surface area contributed by atoms with Gasteiger partial charge in [-0.3, -0.25) is 0 Å². The van der Waals surface area contributed by atoms with Gasteiger partial charge in [-0.05, 0) is 33.1 Å². The first-order chi connectivity index (χ1) is 7.15.